The van der Waals surface area contributed by atoms with Crippen LogP contribution in [0.15, 0.2) is 77.0 Å². The van der Waals surface area contributed by atoms with Gasteiger partial charge in [-0.15, -0.1) is 21.5 Å². The van der Waals surface area contributed by atoms with Crippen LogP contribution in [-0.2, 0) is 9.84 Å². The minimum atomic E-state index is -0.400. The van der Waals surface area contributed by atoms with Gasteiger partial charge in [-0.05, 0) is 62.4 Å². The molecule has 0 saturated carbocycles. The number of amides is 1. The maximum absolute atomic E-state index is 14.0. The predicted octanol–water partition coefficient (Wildman–Crippen LogP) is 6.83. The number of halogens is 1. The Morgan fingerprint density at radius 1 is 1.10 bits per heavy atom. The van der Waals surface area contributed by atoms with E-state index in [-0.39, 0.29) is 11.9 Å². The normalized spacial score (nSPS) is 16.7. The number of alkyl halides is 1. The van der Waals surface area contributed by atoms with Crippen molar-refractivity contribution in [3.63, 3.8) is 0 Å². The second-order valence-corrected chi connectivity index (χ2v) is 13.5. The lowest BCUT2D eigenvalue weighted by Crippen LogP contribution is -2.30. The molecule has 1 aliphatic heterocycles. The quantitative estimate of drug-likeness (QED) is 0.139. The Hall–Kier alpha value is -3.51. The minimum Gasteiger partial charge on any atom is -0.419 e. The molecule has 0 unspecified atom stereocenters. The van der Waals surface area contributed by atoms with E-state index in [1.165, 1.54) is 11.9 Å². The highest BCUT2D eigenvalue weighted by molar-refractivity contribution is 14.1. The van der Waals surface area contributed by atoms with Crippen LogP contribution in [0.1, 0.15) is 58.3 Å². The number of carbonyl (C=O) groups excluding carboxylic acids is 1. The summed E-state index contributed by atoms with van der Waals surface area (Å²) >= 11 is 3.98. The summed E-state index contributed by atoms with van der Waals surface area (Å²) in [5, 5.41) is 11.8. The molecule has 0 aliphatic carbocycles. The summed E-state index contributed by atoms with van der Waals surface area (Å²) in [5.41, 5.74) is 5.01. The molecule has 0 radical (unpaired) electrons. The van der Waals surface area contributed by atoms with Gasteiger partial charge in [0.2, 0.25) is 11.8 Å². The van der Waals surface area contributed by atoms with Crippen LogP contribution in [0.25, 0.3) is 22.6 Å². The van der Waals surface area contributed by atoms with Crippen LogP contribution in [0, 0.1) is 6.92 Å². The van der Waals surface area contributed by atoms with E-state index in [2.05, 4.69) is 66.8 Å². The van der Waals surface area contributed by atoms with Crippen LogP contribution in [-0.4, -0.2) is 42.5 Å². The number of aryl methyl sites for hydroxylation is 1. The van der Waals surface area contributed by atoms with Crippen molar-refractivity contribution in [2.75, 3.05) is 6.54 Å². The van der Waals surface area contributed by atoms with Gasteiger partial charge < -0.3 is 9.32 Å². The Balaban J connectivity index is 1.36. The van der Waals surface area contributed by atoms with Crippen molar-refractivity contribution >= 4 is 39.8 Å². The summed E-state index contributed by atoms with van der Waals surface area (Å²) in [6.45, 7) is 4.75. The Morgan fingerprint density at radius 2 is 1.88 bits per heavy atom. The van der Waals surface area contributed by atoms with Crippen LogP contribution in [0.5, 0.6) is 0 Å². The largest absolute Gasteiger partial charge is 0.419 e. The highest BCUT2D eigenvalue weighted by atomic mass is 127. The molecule has 4 heterocycles. The number of likely N-dealkylation sites (tertiary alicyclic amines) is 1. The molecular formula is C30H27IN6O2S. The molecule has 1 saturated heterocycles. The Labute approximate surface area is 250 Å². The van der Waals surface area contributed by atoms with Gasteiger partial charge in [0.1, 0.15) is 14.8 Å². The van der Waals surface area contributed by atoms with Crippen LogP contribution in [0.4, 0.5) is 0 Å². The summed E-state index contributed by atoms with van der Waals surface area (Å²) in [4.78, 5) is 28.9. The second-order valence-electron chi connectivity index (χ2n) is 10.2. The molecule has 202 valence electrons. The molecule has 2 atom stereocenters. The van der Waals surface area contributed by atoms with E-state index in [0.29, 0.717) is 29.5 Å². The monoisotopic (exact) mass is 662 g/mol. The van der Waals surface area contributed by atoms with Gasteiger partial charge in [0.25, 0.3) is 5.91 Å². The lowest BCUT2D eigenvalue weighted by Gasteiger charge is -2.23. The standard InChI is InChI=1S/C30H27IN6O2S/c1-19-17-40-27(34-19)25-9-6-10-37(25)28(38)23-12-21(24-15-32-18-33-16-24)11-22(13-23)26-35-36-29(39-26)30(2,31)14-20-7-4-3-5-8-20/h3-5,7-8,11-13,15-18,25H,6,9-10,14H2,1-2H3/t25-,30-/m1/s1. The predicted molar refractivity (Wildman–Crippen MR) is 162 cm³/mol. The maximum Gasteiger partial charge on any atom is 0.254 e. The van der Waals surface area contributed by atoms with Gasteiger partial charge in [-0.1, -0.05) is 52.9 Å². The number of benzene rings is 2. The first-order valence-corrected chi connectivity index (χ1v) is 15.0. The Kier molecular flexibility index (Phi) is 7.45. The van der Waals surface area contributed by atoms with Crippen LogP contribution < -0.4 is 0 Å². The average molecular weight is 663 g/mol. The third-order valence-corrected chi connectivity index (χ3v) is 8.91. The SMILES string of the molecule is Cc1csc([C@H]2CCCN2C(=O)c2cc(-c3cncnc3)cc(-c3nnc([C@](C)(I)Cc4ccccc4)o3)c2)n1. The molecule has 40 heavy (non-hydrogen) atoms. The van der Waals surface area contributed by atoms with E-state index in [9.17, 15) is 4.79 Å². The van der Waals surface area contributed by atoms with Crippen molar-refractivity contribution in [2.45, 2.75) is 42.6 Å². The van der Waals surface area contributed by atoms with E-state index in [1.807, 2.05) is 53.6 Å². The molecule has 3 aromatic heterocycles. The third-order valence-electron chi connectivity index (χ3n) is 7.01. The van der Waals surface area contributed by atoms with E-state index in [4.69, 9.17) is 4.42 Å². The summed E-state index contributed by atoms with van der Waals surface area (Å²) in [6.07, 6.45) is 7.55. The lowest BCUT2D eigenvalue weighted by molar-refractivity contribution is 0.0735. The van der Waals surface area contributed by atoms with Crippen molar-refractivity contribution < 1.29 is 9.21 Å². The topological polar surface area (TPSA) is 97.9 Å². The fourth-order valence-electron chi connectivity index (χ4n) is 5.05. The van der Waals surface area contributed by atoms with Crippen LogP contribution >= 0.6 is 33.9 Å². The van der Waals surface area contributed by atoms with Gasteiger partial charge >= 0.3 is 0 Å². The molecule has 5 aromatic rings. The number of hydrogen-bond acceptors (Lipinski definition) is 8. The lowest BCUT2D eigenvalue weighted by atomic mass is 10.0. The summed E-state index contributed by atoms with van der Waals surface area (Å²) in [7, 11) is 0. The summed E-state index contributed by atoms with van der Waals surface area (Å²) < 4.78 is 5.86. The zero-order chi connectivity index (χ0) is 27.7. The van der Waals surface area contributed by atoms with Crippen molar-refractivity contribution in [1.82, 2.24) is 30.0 Å². The summed E-state index contributed by atoms with van der Waals surface area (Å²) in [5.74, 6) is 0.858. The number of rotatable bonds is 7. The molecule has 0 spiro atoms. The average Bonchev–Trinajstić information content (AvgIpc) is 3.74. The number of aromatic nitrogens is 5. The molecule has 10 heteroatoms. The zero-order valence-corrected chi connectivity index (χ0v) is 25.1. The van der Waals surface area contributed by atoms with Crippen LogP contribution in [0.2, 0.25) is 0 Å². The molecule has 2 aromatic carbocycles. The molecule has 1 aliphatic rings. The van der Waals surface area contributed by atoms with Crippen LogP contribution in [0.3, 0.4) is 0 Å². The van der Waals surface area contributed by atoms with Crippen molar-refractivity contribution in [1.29, 1.82) is 0 Å². The Morgan fingerprint density at radius 3 is 2.62 bits per heavy atom. The molecule has 0 bridgehead atoms. The van der Waals surface area contributed by atoms with Gasteiger partial charge in [0.15, 0.2) is 0 Å². The van der Waals surface area contributed by atoms with E-state index in [0.717, 1.165) is 41.1 Å². The first-order valence-electron chi connectivity index (χ1n) is 13.1. The number of hydrogen-bond donors (Lipinski definition) is 0. The maximum atomic E-state index is 14.0. The van der Waals surface area contributed by atoms with E-state index < -0.39 is 3.42 Å². The highest BCUT2D eigenvalue weighted by Gasteiger charge is 2.34. The molecule has 6 rings (SSSR count). The highest BCUT2D eigenvalue weighted by Crippen LogP contribution is 2.38. The zero-order valence-electron chi connectivity index (χ0n) is 22.1. The first kappa shape index (κ1) is 26.7. The minimum absolute atomic E-state index is 0.0221. The van der Waals surface area contributed by atoms with Gasteiger partial charge in [0, 0.05) is 46.7 Å². The Bertz CT molecular complexity index is 1640. The van der Waals surface area contributed by atoms with E-state index >= 15 is 0 Å². The third kappa shape index (κ3) is 5.55. The van der Waals surface area contributed by atoms with Gasteiger partial charge in [-0.3, -0.25) is 4.79 Å². The van der Waals surface area contributed by atoms with Crippen molar-refractivity contribution in [3.8, 4) is 22.6 Å². The fourth-order valence-corrected chi connectivity index (χ4v) is 6.65. The van der Waals surface area contributed by atoms with E-state index in [1.54, 1.807) is 23.7 Å². The van der Waals surface area contributed by atoms with Gasteiger partial charge in [0.05, 0.1) is 6.04 Å². The molecular weight excluding hydrogens is 635 g/mol. The number of thiazole rings is 1. The number of carbonyl (C=O) groups is 1. The number of nitrogens with zero attached hydrogens (tertiary/aromatic N) is 6. The smallest absolute Gasteiger partial charge is 0.254 e. The van der Waals surface area contributed by atoms with Crippen molar-refractivity contribution in [3.05, 3.63) is 100 Å². The van der Waals surface area contributed by atoms with Gasteiger partial charge in [-0.25, -0.2) is 15.0 Å². The fraction of sp³-hybridized carbons (Fsp3) is 0.267. The first-order chi connectivity index (χ1) is 19.4. The summed E-state index contributed by atoms with van der Waals surface area (Å²) in [6, 6.07) is 15.9. The van der Waals surface area contributed by atoms with Crippen molar-refractivity contribution in [2.24, 2.45) is 0 Å². The van der Waals surface area contributed by atoms with Gasteiger partial charge in [-0.2, -0.15) is 0 Å². The molecule has 1 fully saturated rings. The second kappa shape index (κ2) is 11.2. The molecule has 8 nitrogen and oxygen atoms in total. The molecule has 1 amide bonds. The molecule has 0 N–H and O–H groups in total.